The normalized spacial score (nSPS) is 10.6. The van der Waals surface area contributed by atoms with Gasteiger partial charge in [-0.05, 0) is 62.3 Å². The molecule has 0 saturated carbocycles. The van der Waals surface area contributed by atoms with Gasteiger partial charge < -0.3 is 10.2 Å². The number of likely N-dealkylation sites (N-methyl/N-ethyl adjacent to an activating group) is 1. The van der Waals surface area contributed by atoms with Crippen LogP contribution in [0.5, 0.6) is 0 Å². The van der Waals surface area contributed by atoms with Gasteiger partial charge in [-0.15, -0.1) is 0 Å². The Balaban J connectivity index is 2.16. The summed E-state index contributed by atoms with van der Waals surface area (Å²) < 4.78 is 13.1. The molecule has 0 heterocycles. The van der Waals surface area contributed by atoms with Crippen LogP contribution in [-0.4, -0.2) is 20.1 Å². The first-order chi connectivity index (χ1) is 10.2. The minimum atomic E-state index is -0.191. The summed E-state index contributed by atoms with van der Waals surface area (Å²) in [7, 11) is 1.97. The summed E-state index contributed by atoms with van der Waals surface area (Å²) in [5, 5.41) is 3.19. The largest absolute Gasteiger partial charge is 0.367 e. The predicted octanol–water partition coefficient (Wildman–Crippen LogP) is 3.61. The Kier molecular flexibility index (Phi) is 5.76. The smallest absolute Gasteiger partial charge is 0.123 e. The molecule has 0 fully saturated rings. The van der Waals surface area contributed by atoms with E-state index >= 15 is 0 Å². The summed E-state index contributed by atoms with van der Waals surface area (Å²) in [5.74, 6) is -0.191. The lowest BCUT2D eigenvalue weighted by Gasteiger charge is -2.24. The third kappa shape index (κ3) is 4.30. The zero-order valence-electron chi connectivity index (χ0n) is 12.8. The highest BCUT2D eigenvalue weighted by atomic mass is 19.1. The molecule has 0 radical (unpaired) electrons. The van der Waals surface area contributed by atoms with E-state index in [1.165, 1.54) is 23.3 Å². The van der Waals surface area contributed by atoms with Gasteiger partial charge in [0.05, 0.1) is 0 Å². The summed E-state index contributed by atoms with van der Waals surface area (Å²) in [5.41, 5.74) is 3.76. The topological polar surface area (TPSA) is 15.3 Å². The SMILES string of the molecule is CCN(Cc1ccccc1CCNC)c1ccc(F)cc1. The van der Waals surface area contributed by atoms with Crippen LogP contribution < -0.4 is 10.2 Å². The second kappa shape index (κ2) is 7.79. The van der Waals surface area contributed by atoms with E-state index in [-0.39, 0.29) is 5.82 Å². The molecule has 0 saturated heterocycles. The van der Waals surface area contributed by atoms with E-state index < -0.39 is 0 Å². The van der Waals surface area contributed by atoms with Crippen molar-refractivity contribution in [2.45, 2.75) is 19.9 Å². The lowest BCUT2D eigenvalue weighted by molar-refractivity contribution is 0.627. The summed E-state index contributed by atoms with van der Waals surface area (Å²) >= 11 is 0. The first kappa shape index (κ1) is 15.5. The van der Waals surface area contributed by atoms with Crippen LogP contribution in [0, 0.1) is 5.82 Å². The van der Waals surface area contributed by atoms with Crippen molar-refractivity contribution in [2.75, 3.05) is 25.0 Å². The molecule has 112 valence electrons. The zero-order chi connectivity index (χ0) is 15.1. The number of halogens is 1. The van der Waals surface area contributed by atoms with Crippen molar-refractivity contribution in [3.8, 4) is 0 Å². The van der Waals surface area contributed by atoms with Crippen LogP contribution in [-0.2, 0) is 13.0 Å². The summed E-state index contributed by atoms with van der Waals surface area (Å²) in [6.07, 6.45) is 1.02. The highest BCUT2D eigenvalue weighted by molar-refractivity contribution is 5.47. The Morgan fingerprint density at radius 3 is 2.29 bits per heavy atom. The number of nitrogens with one attached hydrogen (secondary N) is 1. The van der Waals surface area contributed by atoms with Gasteiger partial charge in [0.25, 0.3) is 0 Å². The van der Waals surface area contributed by atoms with Gasteiger partial charge in [-0.1, -0.05) is 24.3 Å². The third-order valence-corrected chi connectivity index (χ3v) is 3.70. The lowest BCUT2D eigenvalue weighted by atomic mass is 10.0. The first-order valence-corrected chi connectivity index (χ1v) is 7.46. The minimum Gasteiger partial charge on any atom is -0.367 e. The lowest BCUT2D eigenvalue weighted by Crippen LogP contribution is -2.23. The van der Waals surface area contributed by atoms with Crippen molar-refractivity contribution < 1.29 is 4.39 Å². The van der Waals surface area contributed by atoms with Crippen LogP contribution in [0.15, 0.2) is 48.5 Å². The Labute approximate surface area is 126 Å². The van der Waals surface area contributed by atoms with Crippen LogP contribution in [0.3, 0.4) is 0 Å². The molecule has 0 atom stereocenters. The monoisotopic (exact) mass is 286 g/mol. The van der Waals surface area contributed by atoms with Gasteiger partial charge in [-0.25, -0.2) is 4.39 Å². The van der Waals surface area contributed by atoms with E-state index in [0.29, 0.717) is 0 Å². The molecule has 0 aliphatic carbocycles. The van der Waals surface area contributed by atoms with Crippen LogP contribution in [0.4, 0.5) is 10.1 Å². The molecule has 2 aromatic rings. The summed E-state index contributed by atoms with van der Waals surface area (Å²) in [4.78, 5) is 2.26. The quantitative estimate of drug-likeness (QED) is 0.836. The average molecular weight is 286 g/mol. The van der Waals surface area contributed by atoms with Crippen molar-refractivity contribution in [2.24, 2.45) is 0 Å². The van der Waals surface area contributed by atoms with Gasteiger partial charge in [-0.3, -0.25) is 0 Å². The minimum absolute atomic E-state index is 0.191. The molecule has 3 heteroatoms. The predicted molar refractivity (Wildman–Crippen MR) is 87.2 cm³/mol. The first-order valence-electron chi connectivity index (χ1n) is 7.46. The van der Waals surface area contributed by atoms with E-state index in [1.807, 2.05) is 19.2 Å². The molecule has 0 aliphatic rings. The zero-order valence-corrected chi connectivity index (χ0v) is 12.8. The molecule has 1 N–H and O–H groups in total. The molecule has 21 heavy (non-hydrogen) atoms. The van der Waals surface area contributed by atoms with E-state index in [0.717, 1.165) is 31.7 Å². The van der Waals surface area contributed by atoms with Crippen molar-refractivity contribution in [3.63, 3.8) is 0 Å². The number of hydrogen-bond donors (Lipinski definition) is 1. The fourth-order valence-electron chi connectivity index (χ4n) is 2.46. The molecule has 0 amide bonds. The van der Waals surface area contributed by atoms with Gasteiger partial charge in [0.1, 0.15) is 5.82 Å². The number of anilines is 1. The Hall–Kier alpha value is -1.87. The molecule has 0 unspecified atom stereocenters. The molecular weight excluding hydrogens is 263 g/mol. The highest BCUT2D eigenvalue weighted by Crippen LogP contribution is 2.19. The van der Waals surface area contributed by atoms with Crippen LogP contribution in [0.2, 0.25) is 0 Å². The number of rotatable bonds is 7. The highest BCUT2D eigenvalue weighted by Gasteiger charge is 2.08. The Morgan fingerprint density at radius 1 is 1.00 bits per heavy atom. The van der Waals surface area contributed by atoms with Crippen LogP contribution in [0.25, 0.3) is 0 Å². The molecular formula is C18H23FN2. The third-order valence-electron chi connectivity index (χ3n) is 3.70. The number of hydrogen-bond acceptors (Lipinski definition) is 2. The van der Waals surface area contributed by atoms with Crippen molar-refractivity contribution in [1.29, 1.82) is 0 Å². The van der Waals surface area contributed by atoms with Gasteiger partial charge in [0.2, 0.25) is 0 Å². The number of nitrogens with zero attached hydrogens (tertiary/aromatic N) is 1. The Bertz CT molecular complexity index is 551. The molecule has 0 aromatic heterocycles. The molecule has 2 aromatic carbocycles. The maximum Gasteiger partial charge on any atom is 0.123 e. The van der Waals surface area contributed by atoms with Gasteiger partial charge in [0.15, 0.2) is 0 Å². The second-order valence-corrected chi connectivity index (χ2v) is 5.11. The number of benzene rings is 2. The van der Waals surface area contributed by atoms with Gasteiger partial charge >= 0.3 is 0 Å². The average Bonchev–Trinajstić information content (AvgIpc) is 2.52. The van der Waals surface area contributed by atoms with Crippen molar-refractivity contribution in [1.82, 2.24) is 5.32 Å². The summed E-state index contributed by atoms with van der Waals surface area (Å²) in [6, 6.07) is 15.3. The van der Waals surface area contributed by atoms with E-state index in [2.05, 4.69) is 41.4 Å². The standard InChI is InChI=1S/C18H23FN2/c1-3-21(18-10-8-17(19)9-11-18)14-16-7-5-4-6-15(16)12-13-20-2/h4-11,20H,3,12-14H2,1-2H3. The molecule has 2 nitrogen and oxygen atoms in total. The van der Waals surface area contributed by atoms with Crippen molar-refractivity contribution in [3.05, 3.63) is 65.5 Å². The van der Waals surface area contributed by atoms with Crippen molar-refractivity contribution >= 4 is 5.69 Å². The van der Waals surface area contributed by atoms with E-state index in [1.54, 1.807) is 0 Å². The van der Waals surface area contributed by atoms with Gasteiger partial charge in [-0.2, -0.15) is 0 Å². The van der Waals surface area contributed by atoms with E-state index in [4.69, 9.17) is 0 Å². The molecule has 2 rings (SSSR count). The maximum absolute atomic E-state index is 13.1. The second-order valence-electron chi connectivity index (χ2n) is 5.11. The molecule has 0 bridgehead atoms. The fourth-order valence-corrected chi connectivity index (χ4v) is 2.46. The molecule has 0 spiro atoms. The molecule has 0 aliphatic heterocycles. The van der Waals surface area contributed by atoms with Gasteiger partial charge in [0, 0.05) is 18.8 Å². The van der Waals surface area contributed by atoms with E-state index in [9.17, 15) is 4.39 Å². The fraction of sp³-hybridized carbons (Fsp3) is 0.333. The summed E-state index contributed by atoms with van der Waals surface area (Å²) in [6.45, 7) is 4.84. The maximum atomic E-state index is 13.1. The van der Waals surface area contributed by atoms with Crippen LogP contribution in [0.1, 0.15) is 18.1 Å². The Morgan fingerprint density at radius 2 is 1.67 bits per heavy atom. The van der Waals surface area contributed by atoms with Crippen LogP contribution >= 0.6 is 0 Å².